The summed E-state index contributed by atoms with van der Waals surface area (Å²) in [6.07, 6.45) is 7.65. The van der Waals surface area contributed by atoms with Crippen LogP contribution in [0.25, 0.3) is 0 Å². The van der Waals surface area contributed by atoms with Crippen LogP contribution in [0, 0.1) is 23.7 Å². The lowest BCUT2D eigenvalue weighted by Gasteiger charge is -2.48. The number of likely N-dealkylation sites (tertiary alicyclic amines) is 1. The standard InChI is InChI=1S/C22H31N3O3/c1-2-24(12-16-6-9-23-10-7-16)22(27)20-17-4-3-5-18(20)14-25(13-17)21(26)19-8-11-28-15-19/h6-7,9-10,17-20H,2-5,8,11-15H2,1H3. The van der Waals surface area contributed by atoms with E-state index in [1.54, 1.807) is 12.4 Å². The molecular formula is C22H31N3O3. The zero-order valence-corrected chi connectivity index (χ0v) is 16.8. The highest BCUT2D eigenvalue weighted by molar-refractivity contribution is 5.82. The molecule has 4 rings (SSSR count). The Hall–Kier alpha value is -1.95. The Bertz CT molecular complexity index is 676. The second kappa shape index (κ2) is 8.60. The number of hydrogen-bond donors (Lipinski definition) is 0. The molecule has 2 aliphatic heterocycles. The van der Waals surface area contributed by atoms with Gasteiger partial charge in [-0.3, -0.25) is 14.6 Å². The Balaban J connectivity index is 1.45. The third kappa shape index (κ3) is 3.93. The summed E-state index contributed by atoms with van der Waals surface area (Å²) in [5.41, 5.74) is 1.12. The third-order valence-electron chi connectivity index (χ3n) is 6.77. The summed E-state index contributed by atoms with van der Waals surface area (Å²) in [5, 5.41) is 0. The second-order valence-corrected chi connectivity index (χ2v) is 8.49. The van der Waals surface area contributed by atoms with E-state index in [0.29, 0.717) is 26.3 Å². The number of aromatic nitrogens is 1. The van der Waals surface area contributed by atoms with E-state index in [-0.39, 0.29) is 35.5 Å². The quantitative estimate of drug-likeness (QED) is 0.781. The van der Waals surface area contributed by atoms with Gasteiger partial charge in [-0.15, -0.1) is 0 Å². The van der Waals surface area contributed by atoms with E-state index in [1.165, 1.54) is 6.42 Å². The molecule has 3 fully saturated rings. The first-order chi connectivity index (χ1) is 13.7. The number of rotatable bonds is 5. The lowest BCUT2D eigenvalue weighted by molar-refractivity contribution is -0.152. The summed E-state index contributed by atoms with van der Waals surface area (Å²) in [6, 6.07) is 3.95. The number of pyridine rings is 1. The third-order valence-corrected chi connectivity index (χ3v) is 6.77. The van der Waals surface area contributed by atoms with Gasteiger partial charge in [0.25, 0.3) is 0 Å². The Morgan fingerprint density at radius 1 is 1.18 bits per heavy atom. The molecular weight excluding hydrogens is 354 g/mol. The van der Waals surface area contributed by atoms with Crippen LogP contribution in [0.5, 0.6) is 0 Å². The molecule has 3 unspecified atom stereocenters. The Labute approximate surface area is 167 Å². The van der Waals surface area contributed by atoms with Gasteiger partial charge in [0.15, 0.2) is 0 Å². The lowest BCUT2D eigenvalue weighted by Crippen LogP contribution is -2.56. The van der Waals surface area contributed by atoms with E-state index in [0.717, 1.165) is 37.9 Å². The summed E-state index contributed by atoms with van der Waals surface area (Å²) in [6.45, 7) is 6.11. The predicted octanol–water partition coefficient (Wildman–Crippen LogP) is 2.34. The van der Waals surface area contributed by atoms with Crippen molar-refractivity contribution in [3.63, 3.8) is 0 Å². The fraction of sp³-hybridized carbons (Fsp3) is 0.682. The molecule has 0 radical (unpaired) electrons. The molecule has 2 amide bonds. The van der Waals surface area contributed by atoms with Crippen LogP contribution in [0.3, 0.4) is 0 Å². The first-order valence-corrected chi connectivity index (χ1v) is 10.7. The molecule has 0 spiro atoms. The van der Waals surface area contributed by atoms with Crippen molar-refractivity contribution < 1.29 is 14.3 Å². The minimum atomic E-state index is 0.0202. The smallest absolute Gasteiger partial charge is 0.228 e. The van der Waals surface area contributed by atoms with E-state index in [4.69, 9.17) is 4.74 Å². The van der Waals surface area contributed by atoms with E-state index >= 15 is 0 Å². The zero-order valence-electron chi connectivity index (χ0n) is 16.8. The molecule has 3 aliphatic rings. The van der Waals surface area contributed by atoms with Crippen molar-refractivity contribution in [2.75, 3.05) is 32.8 Å². The van der Waals surface area contributed by atoms with Crippen LogP contribution in [0.1, 0.15) is 38.2 Å². The van der Waals surface area contributed by atoms with Gasteiger partial charge < -0.3 is 14.5 Å². The summed E-state index contributed by atoms with van der Waals surface area (Å²) in [4.78, 5) is 34.4. The molecule has 1 aromatic heterocycles. The number of nitrogens with zero attached hydrogens (tertiary/aromatic N) is 3. The number of amides is 2. The van der Waals surface area contributed by atoms with Crippen LogP contribution >= 0.6 is 0 Å². The van der Waals surface area contributed by atoms with E-state index < -0.39 is 0 Å². The topological polar surface area (TPSA) is 62.7 Å². The van der Waals surface area contributed by atoms with Crippen LogP contribution < -0.4 is 0 Å². The second-order valence-electron chi connectivity index (χ2n) is 8.49. The Morgan fingerprint density at radius 3 is 2.50 bits per heavy atom. The highest BCUT2D eigenvalue weighted by atomic mass is 16.5. The van der Waals surface area contributed by atoms with Crippen molar-refractivity contribution in [3.8, 4) is 0 Å². The van der Waals surface area contributed by atoms with Gasteiger partial charge in [0.05, 0.1) is 12.5 Å². The highest BCUT2D eigenvalue weighted by Crippen LogP contribution is 2.41. The molecule has 1 aromatic rings. The molecule has 1 saturated carbocycles. The molecule has 2 bridgehead atoms. The Kier molecular flexibility index (Phi) is 5.95. The zero-order chi connectivity index (χ0) is 19.5. The normalized spacial score (nSPS) is 29.5. The number of piperidine rings is 1. The highest BCUT2D eigenvalue weighted by Gasteiger charge is 2.46. The summed E-state index contributed by atoms with van der Waals surface area (Å²) in [7, 11) is 0. The molecule has 0 aromatic carbocycles. The number of carbonyl (C=O) groups is 2. The van der Waals surface area contributed by atoms with Crippen molar-refractivity contribution >= 4 is 11.8 Å². The van der Waals surface area contributed by atoms with E-state index in [1.807, 2.05) is 28.9 Å². The van der Waals surface area contributed by atoms with Crippen molar-refractivity contribution in [1.82, 2.24) is 14.8 Å². The minimum Gasteiger partial charge on any atom is -0.381 e. The number of ether oxygens (including phenoxy) is 1. The van der Waals surface area contributed by atoms with E-state index in [9.17, 15) is 9.59 Å². The fourth-order valence-corrected chi connectivity index (χ4v) is 5.27. The van der Waals surface area contributed by atoms with Gasteiger partial charge in [0.2, 0.25) is 11.8 Å². The molecule has 2 saturated heterocycles. The van der Waals surface area contributed by atoms with E-state index in [2.05, 4.69) is 4.98 Å². The average Bonchev–Trinajstić information content (AvgIpc) is 3.25. The van der Waals surface area contributed by atoms with Crippen molar-refractivity contribution in [2.45, 2.75) is 39.2 Å². The first kappa shape index (κ1) is 19.4. The Morgan fingerprint density at radius 2 is 1.89 bits per heavy atom. The molecule has 0 N–H and O–H groups in total. The molecule has 152 valence electrons. The van der Waals surface area contributed by atoms with Crippen LogP contribution in [0.15, 0.2) is 24.5 Å². The van der Waals surface area contributed by atoms with Crippen molar-refractivity contribution in [1.29, 1.82) is 0 Å². The van der Waals surface area contributed by atoms with Crippen molar-refractivity contribution in [3.05, 3.63) is 30.1 Å². The minimum absolute atomic E-state index is 0.0202. The average molecular weight is 386 g/mol. The summed E-state index contributed by atoms with van der Waals surface area (Å²) < 4.78 is 5.41. The van der Waals surface area contributed by atoms with Crippen LogP contribution in [-0.2, 0) is 20.9 Å². The van der Waals surface area contributed by atoms with Crippen molar-refractivity contribution in [2.24, 2.45) is 23.7 Å². The van der Waals surface area contributed by atoms with Crippen LogP contribution in [-0.4, -0.2) is 59.4 Å². The molecule has 6 heteroatoms. The van der Waals surface area contributed by atoms with Gasteiger partial charge >= 0.3 is 0 Å². The van der Waals surface area contributed by atoms with Gasteiger partial charge in [-0.25, -0.2) is 0 Å². The predicted molar refractivity (Wildman–Crippen MR) is 105 cm³/mol. The van der Waals surface area contributed by atoms with Crippen LogP contribution in [0.4, 0.5) is 0 Å². The molecule has 3 atom stereocenters. The number of fused-ring (bicyclic) bond motifs is 2. The summed E-state index contributed by atoms with van der Waals surface area (Å²) in [5.74, 6) is 1.16. The molecule has 1 aliphatic carbocycles. The van der Waals surface area contributed by atoms with Gasteiger partial charge in [-0.1, -0.05) is 6.42 Å². The fourth-order valence-electron chi connectivity index (χ4n) is 5.27. The van der Waals surface area contributed by atoms with Gasteiger partial charge in [0, 0.05) is 51.1 Å². The number of hydrogen-bond acceptors (Lipinski definition) is 4. The van der Waals surface area contributed by atoms with Gasteiger partial charge in [-0.05, 0) is 55.7 Å². The maximum absolute atomic E-state index is 13.5. The lowest BCUT2D eigenvalue weighted by atomic mass is 9.68. The van der Waals surface area contributed by atoms with Gasteiger partial charge in [-0.2, -0.15) is 0 Å². The molecule has 3 heterocycles. The maximum atomic E-state index is 13.5. The largest absolute Gasteiger partial charge is 0.381 e. The van der Waals surface area contributed by atoms with Crippen LogP contribution in [0.2, 0.25) is 0 Å². The summed E-state index contributed by atoms with van der Waals surface area (Å²) >= 11 is 0. The monoisotopic (exact) mass is 385 g/mol. The first-order valence-electron chi connectivity index (χ1n) is 10.7. The molecule has 28 heavy (non-hydrogen) atoms. The number of carbonyl (C=O) groups excluding carboxylic acids is 2. The molecule has 6 nitrogen and oxygen atoms in total. The van der Waals surface area contributed by atoms with Gasteiger partial charge in [0.1, 0.15) is 0 Å². The SMILES string of the molecule is CCN(Cc1ccncc1)C(=O)C1C2CCCC1CN(C(=O)C1CCOC1)C2. The maximum Gasteiger partial charge on any atom is 0.228 e.